The summed E-state index contributed by atoms with van der Waals surface area (Å²) in [5.74, 6) is 2.33. The quantitative estimate of drug-likeness (QED) is 0.128. The first-order valence-electron chi connectivity index (χ1n) is 16.1. The molecule has 5 aromatic rings. The van der Waals surface area contributed by atoms with Crippen LogP contribution in [-0.2, 0) is 47.6 Å². The third-order valence-electron chi connectivity index (χ3n) is 8.45. The summed E-state index contributed by atoms with van der Waals surface area (Å²) in [7, 11) is -13.4. The van der Waals surface area contributed by atoms with E-state index in [1.807, 2.05) is 0 Å². The molecule has 0 aliphatic carbocycles. The van der Waals surface area contributed by atoms with Crippen LogP contribution in [0.2, 0.25) is 5.02 Å². The SMILES string of the molecule is CC(C)(C#Cc1nc([C@H](Cc2cc(F)cc(F)c2)OC(N)=O)c(-c2ccc(Cl)c3c(N(S(C)(=O)=O)S(C)(=O)=O)nn(CC(F)(F)F)c23)c2ccccc12)S(C)(=O)=O. The Balaban J connectivity index is 2.04. The van der Waals surface area contributed by atoms with Crippen molar-refractivity contribution in [3.05, 3.63) is 88.2 Å². The van der Waals surface area contributed by atoms with Gasteiger partial charge in [-0.05, 0) is 48.9 Å². The van der Waals surface area contributed by atoms with Gasteiger partial charge in [0.15, 0.2) is 21.8 Å². The van der Waals surface area contributed by atoms with Gasteiger partial charge in [-0.1, -0.05) is 47.9 Å². The second-order valence-corrected chi connectivity index (χ2v) is 20.2. The lowest BCUT2D eigenvalue weighted by atomic mass is 9.90. The van der Waals surface area contributed by atoms with Gasteiger partial charge in [-0.3, -0.25) is 4.68 Å². The number of nitrogens with zero attached hydrogens (tertiary/aromatic N) is 4. The Morgan fingerprint density at radius 1 is 0.947 bits per heavy atom. The molecule has 5 rings (SSSR count). The molecule has 0 unspecified atom stereocenters. The number of hydrogen-bond donors (Lipinski definition) is 1. The molecule has 0 radical (unpaired) electrons. The van der Waals surface area contributed by atoms with Gasteiger partial charge in [0.25, 0.3) is 0 Å². The number of alkyl halides is 3. The zero-order valence-electron chi connectivity index (χ0n) is 30.3. The van der Waals surface area contributed by atoms with Crippen molar-refractivity contribution in [2.75, 3.05) is 22.5 Å². The largest absolute Gasteiger partial charge is 0.439 e. The fraction of sp³-hybridized carbons (Fsp3) is 0.286. The van der Waals surface area contributed by atoms with Crippen LogP contribution in [0.25, 0.3) is 32.8 Å². The molecule has 1 amide bonds. The Morgan fingerprint density at radius 3 is 2.05 bits per heavy atom. The van der Waals surface area contributed by atoms with Crippen LogP contribution in [0.3, 0.4) is 0 Å². The number of sulfonamides is 2. The van der Waals surface area contributed by atoms with Gasteiger partial charge >= 0.3 is 12.3 Å². The van der Waals surface area contributed by atoms with Gasteiger partial charge in [0, 0.05) is 35.3 Å². The van der Waals surface area contributed by atoms with Gasteiger partial charge in [0.05, 0.1) is 34.1 Å². The average Bonchev–Trinajstić information content (AvgIpc) is 3.38. The van der Waals surface area contributed by atoms with Gasteiger partial charge in [-0.25, -0.2) is 43.8 Å². The number of fused-ring (bicyclic) bond motifs is 2. The molecule has 0 aliphatic heterocycles. The van der Waals surface area contributed by atoms with E-state index in [-0.39, 0.29) is 42.6 Å². The topological polar surface area (TPSA) is 189 Å². The number of halogens is 6. The van der Waals surface area contributed by atoms with Crippen molar-refractivity contribution in [2.45, 2.75) is 43.8 Å². The maximum absolute atomic E-state index is 14.4. The number of sulfone groups is 1. The highest BCUT2D eigenvalue weighted by atomic mass is 35.5. The Hall–Kier alpha value is -5.04. The standard InChI is InChI=1S/C35H31ClF5N5O8S3/c1-34(2,55(3,48)49)13-12-26-22-8-6-7-9-23(22)28(30(43-26)27(54-33(42)47)16-19-14-20(37)17-21(38)15-19)24-10-11-25(36)29-31(24)45(18-35(39,40)41)44-32(29)46(56(4,50)51)57(5,52)53/h6-11,14-15,17,27H,16,18H2,1-5H3,(H2,42,47)/t27-/m0/s1. The van der Waals surface area contributed by atoms with E-state index in [0.717, 1.165) is 24.5 Å². The minimum absolute atomic E-state index is 0.104. The number of anilines is 1. The molecule has 0 fully saturated rings. The van der Waals surface area contributed by atoms with E-state index >= 15 is 0 Å². The minimum atomic E-state index is -5.05. The number of nitrogens with two attached hydrogens (primary N) is 1. The Labute approximate surface area is 328 Å². The van der Waals surface area contributed by atoms with Crippen LogP contribution in [-0.4, -0.2) is 75.8 Å². The summed E-state index contributed by atoms with van der Waals surface area (Å²) < 4.78 is 152. The van der Waals surface area contributed by atoms with E-state index in [1.54, 1.807) is 0 Å². The smallest absolute Gasteiger partial charge is 0.408 e. The monoisotopic (exact) mass is 875 g/mol. The molecule has 0 bridgehead atoms. The lowest BCUT2D eigenvalue weighted by molar-refractivity contribution is -0.141. The number of amides is 1. The van der Waals surface area contributed by atoms with E-state index in [4.69, 9.17) is 22.1 Å². The highest BCUT2D eigenvalue weighted by molar-refractivity contribution is 8.09. The lowest BCUT2D eigenvalue weighted by Gasteiger charge is -2.23. The number of carbonyl (C=O) groups excluding carboxylic acids is 1. The number of pyridine rings is 1. The number of primary amides is 1. The molecule has 13 nitrogen and oxygen atoms in total. The molecule has 2 heterocycles. The molecule has 2 aromatic heterocycles. The first-order chi connectivity index (χ1) is 26.1. The van der Waals surface area contributed by atoms with Crippen molar-refractivity contribution in [1.29, 1.82) is 0 Å². The zero-order chi connectivity index (χ0) is 42.6. The molecule has 3 aromatic carbocycles. The highest BCUT2D eigenvalue weighted by Crippen LogP contribution is 2.45. The molecule has 22 heteroatoms. The average molecular weight is 876 g/mol. The summed E-state index contributed by atoms with van der Waals surface area (Å²) >= 11 is 6.53. The number of aromatic nitrogens is 3. The van der Waals surface area contributed by atoms with Crippen LogP contribution in [0.1, 0.15) is 36.9 Å². The second-order valence-electron chi connectivity index (χ2n) is 13.3. The third kappa shape index (κ3) is 9.24. The van der Waals surface area contributed by atoms with Crippen molar-refractivity contribution >= 4 is 75.1 Å². The minimum Gasteiger partial charge on any atom is -0.439 e. The number of carbonyl (C=O) groups is 1. The normalized spacial score (nSPS) is 13.3. The summed E-state index contributed by atoms with van der Waals surface area (Å²) in [5.41, 5.74) is 3.91. The zero-order valence-corrected chi connectivity index (χ0v) is 33.5. The fourth-order valence-electron chi connectivity index (χ4n) is 5.91. The second kappa shape index (κ2) is 15.0. The van der Waals surface area contributed by atoms with Crippen molar-refractivity contribution in [3.8, 4) is 23.0 Å². The molecule has 1 atom stereocenters. The van der Waals surface area contributed by atoms with Gasteiger partial charge < -0.3 is 10.5 Å². The first-order valence-corrected chi connectivity index (χ1v) is 22.1. The Kier molecular flexibility index (Phi) is 11.4. The summed E-state index contributed by atoms with van der Waals surface area (Å²) in [6.45, 7) is 0.738. The molecule has 304 valence electrons. The third-order valence-corrected chi connectivity index (χ3v) is 13.9. The fourth-order valence-corrected chi connectivity index (χ4v) is 9.23. The van der Waals surface area contributed by atoms with Crippen LogP contribution in [0, 0.1) is 23.5 Å². The van der Waals surface area contributed by atoms with Crippen molar-refractivity contribution in [2.24, 2.45) is 5.73 Å². The van der Waals surface area contributed by atoms with Crippen molar-refractivity contribution in [1.82, 2.24) is 14.8 Å². The Bertz CT molecular complexity index is 2820. The van der Waals surface area contributed by atoms with Gasteiger partial charge in [0.2, 0.25) is 20.0 Å². The highest BCUT2D eigenvalue weighted by Gasteiger charge is 2.38. The summed E-state index contributed by atoms with van der Waals surface area (Å²) in [6, 6.07) is 10.7. The number of benzene rings is 3. The maximum Gasteiger partial charge on any atom is 0.408 e. The van der Waals surface area contributed by atoms with Gasteiger partial charge in [0.1, 0.15) is 28.6 Å². The van der Waals surface area contributed by atoms with Crippen LogP contribution in [0.5, 0.6) is 0 Å². The summed E-state index contributed by atoms with van der Waals surface area (Å²) in [4.78, 5) is 17.1. The summed E-state index contributed by atoms with van der Waals surface area (Å²) in [5, 5.41) is 3.11. The number of ether oxygens (including phenoxy) is 1. The molecule has 0 spiro atoms. The number of rotatable bonds is 10. The van der Waals surface area contributed by atoms with E-state index in [1.165, 1.54) is 44.2 Å². The predicted molar refractivity (Wildman–Crippen MR) is 203 cm³/mol. The van der Waals surface area contributed by atoms with E-state index in [2.05, 4.69) is 21.9 Å². The van der Waals surface area contributed by atoms with Gasteiger partial charge in [-0.15, -0.1) is 3.71 Å². The molecule has 0 aliphatic rings. The van der Waals surface area contributed by atoms with Crippen molar-refractivity contribution < 1.29 is 56.7 Å². The van der Waals surface area contributed by atoms with E-state index < -0.39 is 99.3 Å². The van der Waals surface area contributed by atoms with Crippen LogP contribution in [0.15, 0.2) is 54.6 Å². The maximum atomic E-state index is 14.4. The molecule has 0 saturated carbocycles. The predicted octanol–water partition coefficient (Wildman–Crippen LogP) is 6.02. The van der Waals surface area contributed by atoms with Crippen molar-refractivity contribution in [3.63, 3.8) is 0 Å². The Morgan fingerprint density at radius 2 is 1.53 bits per heavy atom. The van der Waals surface area contributed by atoms with Gasteiger partial charge in [-0.2, -0.15) is 18.3 Å². The van der Waals surface area contributed by atoms with Crippen LogP contribution >= 0.6 is 11.6 Å². The van der Waals surface area contributed by atoms with Crippen LogP contribution in [0.4, 0.5) is 32.6 Å². The van der Waals surface area contributed by atoms with Crippen LogP contribution < -0.4 is 9.44 Å². The lowest BCUT2D eigenvalue weighted by Crippen LogP contribution is -2.36. The van der Waals surface area contributed by atoms with E-state index in [0.29, 0.717) is 23.3 Å². The molecular formula is C35H31ClF5N5O8S3. The molecule has 0 saturated heterocycles. The number of hydrogen-bond acceptors (Lipinski definition) is 10. The molecule has 57 heavy (non-hydrogen) atoms. The molecule has 2 N–H and O–H groups in total. The first kappa shape index (κ1) is 43.1. The summed E-state index contributed by atoms with van der Waals surface area (Å²) in [6.07, 6.45) is -6.81. The van der Waals surface area contributed by atoms with E-state index in [9.17, 15) is 52.0 Å². The molecular weight excluding hydrogens is 845 g/mol.